The molecule has 1 N–H and O–H groups in total. The molecule has 0 radical (unpaired) electrons. The predicted octanol–water partition coefficient (Wildman–Crippen LogP) is 1.99. The summed E-state index contributed by atoms with van der Waals surface area (Å²) in [6.07, 6.45) is 1.84. The number of unbranched alkanes of at least 4 members (excludes halogenated alkanes) is 1. The summed E-state index contributed by atoms with van der Waals surface area (Å²) in [6.45, 7) is 8.12. The van der Waals surface area contributed by atoms with Crippen LogP contribution in [-0.2, 0) is 4.74 Å². The first-order chi connectivity index (χ1) is 10.3. The van der Waals surface area contributed by atoms with Crippen molar-refractivity contribution in [2.24, 2.45) is 0 Å². The van der Waals surface area contributed by atoms with Crippen LogP contribution < -0.4 is 4.90 Å². The second-order valence-corrected chi connectivity index (χ2v) is 5.71. The molecule has 1 atom stereocenters. The Bertz CT molecular complexity index is 378. The minimum atomic E-state index is -0.370. The number of hydrogen-bond acceptors (Lipinski definition) is 4. The van der Waals surface area contributed by atoms with Crippen LogP contribution in [0, 0.1) is 0 Å². The molecular formula is C17H28N2O2. The maximum atomic E-state index is 10.0. The number of anilines is 1. The smallest absolute Gasteiger partial charge is 0.0900 e. The third-order valence-electron chi connectivity index (χ3n) is 3.92. The lowest BCUT2D eigenvalue weighted by atomic mass is 10.2. The topological polar surface area (TPSA) is 35.9 Å². The Morgan fingerprint density at radius 1 is 1.14 bits per heavy atom. The highest BCUT2D eigenvalue weighted by atomic mass is 16.5. The van der Waals surface area contributed by atoms with Crippen LogP contribution in [0.15, 0.2) is 30.3 Å². The molecular weight excluding hydrogens is 264 g/mol. The number of aliphatic hydroxyl groups is 1. The maximum Gasteiger partial charge on any atom is 0.0900 e. The van der Waals surface area contributed by atoms with Crippen molar-refractivity contribution in [1.82, 2.24) is 4.90 Å². The van der Waals surface area contributed by atoms with Crippen molar-refractivity contribution < 1.29 is 9.84 Å². The minimum Gasteiger partial charge on any atom is -0.389 e. The van der Waals surface area contributed by atoms with Crippen molar-refractivity contribution in [1.29, 1.82) is 0 Å². The first kappa shape index (κ1) is 16.3. The van der Waals surface area contributed by atoms with Gasteiger partial charge in [-0.3, -0.25) is 4.90 Å². The van der Waals surface area contributed by atoms with Gasteiger partial charge in [0.05, 0.1) is 12.7 Å². The summed E-state index contributed by atoms with van der Waals surface area (Å²) in [5.74, 6) is 0. The molecule has 1 aliphatic rings. The van der Waals surface area contributed by atoms with Crippen molar-refractivity contribution in [3.8, 4) is 0 Å². The fourth-order valence-electron chi connectivity index (χ4n) is 2.64. The molecule has 0 unspecified atom stereocenters. The van der Waals surface area contributed by atoms with E-state index >= 15 is 0 Å². The van der Waals surface area contributed by atoms with Gasteiger partial charge in [0.25, 0.3) is 0 Å². The fourth-order valence-corrected chi connectivity index (χ4v) is 2.64. The molecule has 0 aromatic heterocycles. The third-order valence-corrected chi connectivity index (χ3v) is 3.92. The lowest BCUT2D eigenvalue weighted by Gasteiger charge is -2.36. The summed E-state index contributed by atoms with van der Waals surface area (Å²) in [5.41, 5.74) is 1.29. The van der Waals surface area contributed by atoms with Gasteiger partial charge in [-0.15, -0.1) is 0 Å². The van der Waals surface area contributed by atoms with Gasteiger partial charge in [-0.2, -0.15) is 0 Å². The highest BCUT2D eigenvalue weighted by Crippen LogP contribution is 2.15. The number of hydrogen-bond donors (Lipinski definition) is 1. The molecule has 2 rings (SSSR count). The van der Waals surface area contributed by atoms with E-state index in [1.165, 1.54) is 5.69 Å². The van der Waals surface area contributed by atoms with E-state index in [9.17, 15) is 5.11 Å². The Balaban J connectivity index is 1.65. The quantitative estimate of drug-likeness (QED) is 0.743. The summed E-state index contributed by atoms with van der Waals surface area (Å²) >= 11 is 0. The summed E-state index contributed by atoms with van der Waals surface area (Å²) < 4.78 is 5.48. The number of benzene rings is 1. The Labute approximate surface area is 128 Å². The standard InChI is InChI=1S/C17H28N2O2/c1-2-3-13-21-15-17(20)14-18-9-11-19(12-10-18)16-7-5-4-6-8-16/h4-8,17,20H,2-3,9-15H2,1H3/t17-/m1/s1. The fraction of sp³-hybridized carbons (Fsp3) is 0.647. The van der Waals surface area contributed by atoms with E-state index in [2.05, 4.69) is 47.1 Å². The van der Waals surface area contributed by atoms with Crippen LogP contribution in [0.4, 0.5) is 5.69 Å². The van der Waals surface area contributed by atoms with Crippen molar-refractivity contribution in [2.45, 2.75) is 25.9 Å². The summed E-state index contributed by atoms with van der Waals surface area (Å²) in [7, 11) is 0. The van der Waals surface area contributed by atoms with Crippen LogP contribution in [0.5, 0.6) is 0 Å². The number of piperazine rings is 1. The van der Waals surface area contributed by atoms with E-state index in [0.717, 1.165) is 52.2 Å². The van der Waals surface area contributed by atoms with Gasteiger partial charge in [-0.25, -0.2) is 0 Å². The van der Waals surface area contributed by atoms with Gasteiger partial charge in [0, 0.05) is 45.0 Å². The number of ether oxygens (including phenoxy) is 1. The van der Waals surface area contributed by atoms with Crippen LogP contribution in [0.1, 0.15) is 19.8 Å². The van der Waals surface area contributed by atoms with Gasteiger partial charge in [0.2, 0.25) is 0 Å². The molecule has 1 aromatic carbocycles. The molecule has 118 valence electrons. The third kappa shape index (κ3) is 5.65. The molecule has 1 fully saturated rings. The van der Waals surface area contributed by atoms with Crippen LogP contribution in [0.25, 0.3) is 0 Å². The Morgan fingerprint density at radius 3 is 2.52 bits per heavy atom. The largest absolute Gasteiger partial charge is 0.389 e. The number of para-hydroxylation sites is 1. The van der Waals surface area contributed by atoms with E-state index in [1.807, 2.05) is 0 Å². The molecule has 0 bridgehead atoms. The van der Waals surface area contributed by atoms with Crippen molar-refractivity contribution in [3.05, 3.63) is 30.3 Å². The highest BCUT2D eigenvalue weighted by Gasteiger charge is 2.19. The first-order valence-corrected chi connectivity index (χ1v) is 8.07. The molecule has 4 nitrogen and oxygen atoms in total. The van der Waals surface area contributed by atoms with Crippen LogP contribution >= 0.6 is 0 Å². The van der Waals surface area contributed by atoms with E-state index < -0.39 is 0 Å². The summed E-state index contributed by atoms with van der Waals surface area (Å²) in [5, 5.41) is 10.0. The van der Waals surface area contributed by atoms with Gasteiger partial charge in [0.1, 0.15) is 0 Å². The van der Waals surface area contributed by atoms with Gasteiger partial charge in [0.15, 0.2) is 0 Å². The number of rotatable bonds is 8. The normalized spacial score (nSPS) is 17.9. The minimum absolute atomic E-state index is 0.370. The summed E-state index contributed by atoms with van der Waals surface area (Å²) in [6, 6.07) is 10.5. The molecule has 0 amide bonds. The average Bonchev–Trinajstić information content (AvgIpc) is 2.53. The van der Waals surface area contributed by atoms with E-state index in [-0.39, 0.29) is 6.10 Å². The van der Waals surface area contributed by atoms with Gasteiger partial charge >= 0.3 is 0 Å². The van der Waals surface area contributed by atoms with E-state index in [1.54, 1.807) is 0 Å². The zero-order chi connectivity index (χ0) is 14.9. The van der Waals surface area contributed by atoms with Crippen molar-refractivity contribution >= 4 is 5.69 Å². The molecule has 4 heteroatoms. The second-order valence-electron chi connectivity index (χ2n) is 5.71. The molecule has 1 aromatic rings. The SMILES string of the molecule is CCCCOC[C@H](O)CN1CCN(c2ccccc2)CC1. The van der Waals surface area contributed by atoms with E-state index in [0.29, 0.717) is 6.61 Å². The molecule has 0 aliphatic carbocycles. The Morgan fingerprint density at radius 2 is 1.86 bits per heavy atom. The molecule has 1 heterocycles. The van der Waals surface area contributed by atoms with Gasteiger partial charge in [-0.1, -0.05) is 31.5 Å². The monoisotopic (exact) mass is 292 g/mol. The van der Waals surface area contributed by atoms with Crippen LogP contribution in [-0.4, -0.2) is 62.0 Å². The van der Waals surface area contributed by atoms with E-state index in [4.69, 9.17) is 4.74 Å². The van der Waals surface area contributed by atoms with Gasteiger partial charge in [-0.05, 0) is 18.6 Å². The molecule has 21 heavy (non-hydrogen) atoms. The van der Waals surface area contributed by atoms with Gasteiger partial charge < -0.3 is 14.7 Å². The predicted molar refractivity (Wildman–Crippen MR) is 86.8 cm³/mol. The average molecular weight is 292 g/mol. The lowest BCUT2D eigenvalue weighted by molar-refractivity contribution is 0.0150. The Kier molecular flexibility index (Phi) is 7.00. The molecule has 1 saturated heterocycles. The van der Waals surface area contributed by atoms with Crippen molar-refractivity contribution in [3.63, 3.8) is 0 Å². The second kappa shape index (κ2) is 9.03. The zero-order valence-electron chi connectivity index (χ0n) is 13.1. The zero-order valence-corrected chi connectivity index (χ0v) is 13.1. The Hall–Kier alpha value is -1.10. The lowest BCUT2D eigenvalue weighted by Crippen LogP contribution is -2.49. The first-order valence-electron chi connectivity index (χ1n) is 8.07. The van der Waals surface area contributed by atoms with Crippen LogP contribution in [0.2, 0.25) is 0 Å². The molecule has 0 spiro atoms. The molecule has 1 aliphatic heterocycles. The molecule has 0 saturated carbocycles. The summed E-state index contributed by atoms with van der Waals surface area (Å²) in [4.78, 5) is 4.73. The number of aliphatic hydroxyl groups excluding tert-OH is 1. The van der Waals surface area contributed by atoms with Crippen LogP contribution in [0.3, 0.4) is 0 Å². The number of β-amino-alcohol motifs (C(OH)–C–C–N with tert-alkyl or cyclic N) is 1. The highest BCUT2D eigenvalue weighted by molar-refractivity contribution is 5.46. The number of nitrogens with zero attached hydrogens (tertiary/aromatic N) is 2. The van der Waals surface area contributed by atoms with Crippen molar-refractivity contribution in [2.75, 3.05) is 50.8 Å². The maximum absolute atomic E-state index is 10.0.